The average molecular weight is 316 g/mol. The predicted molar refractivity (Wildman–Crippen MR) is 95.3 cm³/mol. The molecule has 2 rings (SSSR count). The van der Waals surface area contributed by atoms with Crippen LogP contribution in [-0.2, 0) is 6.54 Å². The van der Waals surface area contributed by atoms with Crippen molar-refractivity contribution in [1.29, 1.82) is 0 Å². The number of hydrogen-bond donors (Lipinski definition) is 1. The molecule has 0 fully saturated rings. The van der Waals surface area contributed by atoms with Crippen LogP contribution in [0.4, 0.5) is 0 Å². The number of guanidine groups is 1. The first-order valence-corrected chi connectivity index (χ1v) is 8.54. The number of rotatable bonds is 6. The summed E-state index contributed by atoms with van der Waals surface area (Å²) in [5, 5.41) is 6.55. The molecule has 5 heteroatoms. The van der Waals surface area contributed by atoms with Crippen molar-refractivity contribution in [3.05, 3.63) is 41.4 Å². The number of benzene rings is 1. The Kier molecular flexibility index (Phi) is 6.40. The lowest BCUT2D eigenvalue weighted by Crippen LogP contribution is -2.39. The number of nitrogens with one attached hydrogen (secondary N) is 1. The van der Waals surface area contributed by atoms with Gasteiger partial charge in [-0.2, -0.15) is 0 Å². The maximum atomic E-state index is 4.69. The molecular formula is C17H24N4S. The summed E-state index contributed by atoms with van der Waals surface area (Å²) in [4.78, 5) is 11.2. The highest BCUT2D eigenvalue weighted by molar-refractivity contribution is 7.13. The van der Waals surface area contributed by atoms with Crippen molar-refractivity contribution in [3.8, 4) is 10.6 Å². The van der Waals surface area contributed by atoms with Gasteiger partial charge in [0.15, 0.2) is 5.96 Å². The maximum absolute atomic E-state index is 4.69. The van der Waals surface area contributed by atoms with Gasteiger partial charge in [-0.1, -0.05) is 43.7 Å². The Morgan fingerprint density at radius 2 is 2.09 bits per heavy atom. The van der Waals surface area contributed by atoms with Crippen molar-refractivity contribution in [3.63, 3.8) is 0 Å². The van der Waals surface area contributed by atoms with Crippen LogP contribution in [0.15, 0.2) is 40.7 Å². The molecule has 0 aliphatic rings. The molecule has 22 heavy (non-hydrogen) atoms. The molecule has 0 atom stereocenters. The summed E-state index contributed by atoms with van der Waals surface area (Å²) >= 11 is 1.68. The normalized spacial score (nSPS) is 11.5. The van der Waals surface area contributed by atoms with Crippen molar-refractivity contribution >= 4 is 17.3 Å². The quantitative estimate of drug-likeness (QED) is 0.653. The second-order valence-corrected chi connectivity index (χ2v) is 6.04. The molecule has 0 spiro atoms. The fraction of sp³-hybridized carbons (Fsp3) is 0.412. The number of hydrogen-bond acceptors (Lipinski definition) is 3. The Hall–Kier alpha value is -1.88. The van der Waals surface area contributed by atoms with E-state index in [0.29, 0.717) is 6.54 Å². The summed E-state index contributed by atoms with van der Waals surface area (Å²) in [6.45, 7) is 3.92. The van der Waals surface area contributed by atoms with Gasteiger partial charge in [0.1, 0.15) is 5.01 Å². The van der Waals surface area contributed by atoms with Crippen LogP contribution in [0, 0.1) is 0 Å². The van der Waals surface area contributed by atoms with Crippen molar-refractivity contribution in [1.82, 2.24) is 15.2 Å². The van der Waals surface area contributed by atoms with E-state index in [1.165, 1.54) is 18.4 Å². The monoisotopic (exact) mass is 316 g/mol. The van der Waals surface area contributed by atoms with Crippen molar-refractivity contribution in [2.24, 2.45) is 4.99 Å². The first-order valence-electron chi connectivity index (χ1n) is 7.66. The maximum Gasteiger partial charge on any atom is 0.193 e. The van der Waals surface area contributed by atoms with Crippen LogP contribution in [0.1, 0.15) is 25.5 Å². The summed E-state index contributed by atoms with van der Waals surface area (Å²) in [6.07, 6.45) is 2.36. The Morgan fingerprint density at radius 3 is 2.77 bits per heavy atom. The van der Waals surface area contributed by atoms with Gasteiger partial charge in [-0.05, 0) is 6.42 Å². The smallest absolute Gasteiger partial charge is 0.193 e. The van der Waals surface area contributed by atoms with Crippen LogP contribution in [0.5, 0.6) is 0 Å². The van der Waals surface area contributed by atoms with Crippen molar-refractivity contribution in [2.45, 2.75) is 26.3 Å². The van der Waals surface area contributed by atoms with Gasteiger partial charge in [-0.15, -0.1) is 11.3 Å². The minimum absolute atomic E-state index is 0.701. The van der Waals surface area contributed by atoms with E-state index >= 15 is 0 Å². The van der Waals surface area contributed by atoms with Crippen LogP contribution in [-0.4, -0.2) is 36.5 Å². The molecule has 0 radical (unpaired) electrons. The standard InChI is InChI=1S/C17H24N4S/c1-4-5-11-21(3)17(18-2)19-12-15-13-22-16(20-15)14-9-7-6-8-10-14/h6-10,13H,4-5,11-12H2,1-3H3,(H,18,19). The lowest BCUT2D eigenvalue weighted by molar-refractivity contribution is 0.464. The van der Waals surface area contributed by atoms with Crippen molar-refractivity contribution < 1.29 is 0 Å². The molecule has 0 amide bonds. The first-order chi connectivity index (χ1) is 10.7. The molecule has 1 aromatic heterocycles. The predicted octanol–water partition coefficient (Wildman–Crippen LogP) is 3.62. The molecule has 0 saturated heterocycles. The Balaban J connectivity index is 1.93. The zero-order valence-corrected chi connectivity index (χ0v) is 14.4. The van der Waals surface area contributed by atoms with Crippen LogP contribution in [0.3, 0.4) is 0 Å². The largest absolute Gasteiger partial charge is 0.351 e. The van der Waals surface area contributed by atoms with Gasteiger partial charge >= 0.3 is 0 Å². The van der Waals surface area contributed by atoms with Crippen LogP contribution < -0.4 is 5.32 Å². The third kappa shape index (κ3) is 4.56. The van der Waals surface area contributed by atoms with E-state index in [1.54, 1.807) is 11.3 Å². The highest BCUT2D eigenvalue weighted by atomic mass is 32.1. The van der Waals surface area contributed by atoms with E-state index in [1.807, 2.05) is 25.2 Å². The summed E-state index contributed by atoms with van der Waals surface area (Å²) in [5.41, 5.74) is 2.22. The zero-order valence-electron chi connectivity index (χ0n) is 13.5. The van der Waals surface area contributed by atoms with Gasteiger partial charge in [-0.3, -0.25) is 4.99 Å². The molecule has 0 aliphatic heterocycles. The van der Waals surface area contributed by atoms with Gasteiger partial charge in [0.2, 0.25) is 0 Å². The molecule has 0 bridgehead atoms. The molecule has 1 N–H and O–H groups in total. The van der Waals surface area contributed by atoms with Crippen LogP contribution in [0.25, 0.3) is 10.6 Å². The third-order valence-electron chi connectivity index (χ3n) is 3.42. The highest BCUT2D eigenvalue weighted by Gasteiger charge is 2.07. The summed E-state index contributed by atoms with van der Waals surface area (Å²) < 4.78 is 0. The molecule has 1 heterocycles. The van der Waals surface area contributed by atoms with Crippen LogP contribution >= 0.6 is 11.3 Å². The Morgan fingerprint density at radius 1 is 1.32 bits per heavy atom. The summed E-state index contributed by atoms with van der Waals surface area (Å²) in [7, 11) is 3.89. The second kappa shape index (κ2) is 8.54. The van der Waals surface area contributed by atoms with E-state index in [2.05, 4.69) is 46.7 Å². The van der Waals surface area contributed by atoms with Crippen LogP contribution in [0.2, 0.25) is 0 Å². The van der Waals surface area contributed by atoms with E-state index in [0.717, 1.165) is 23.2 Å². The molecule has 4 nitrogen and oxygen atoms in total. The molecule has 0 aliphatic carbocycles. The third-order valence-corrected chi connectivity index (χ3v) is 4.36. The lowest BCUT2D eigenvalue weighted by atomic mass is 10.2. The number of nitrogens with zero attached hydrogens (tertiary/aromatic N) is 3. The van der Waals surface area contributed by atoms with Crippen molar-refractivity contribution in [2.75, 3.05) is 20.6 Å². The first kappa shape index (κ1) is 16.5. The second-order valence-electron chi connectivity index (χ2n) is 5.19. The van der Waals surface area contributed by atoms with Gasteiger partial charge in [0, 0.05) is 31.6 Å². The SMILES string of the molecule is CCCCN(C)C(=NC)NCc1csc(-c2ccccc2)n1. The fourth-order valence-corrected chi connectivity index (χ4v) is 2.98. The van der Waals surface area contributed by atoms with E-state index in [-0.39, 0.29) is 0 Å². The molecule has 0 unspecified atom stereocenters. The number of aromatic nitrogens is 1. The van der Waals surface area contributed by atoms with Gasteiger partial charge in [0.05, 0.1) is 12.2 Å². The fourth-order valence-electron chi connectivity index (χ4n) is 2.16. The molecule has 0 saturated carbocycles. The number of unbranched alkanes of at least 4 members (excludes halogenated alkanes) is 1. The molecule has 2 aromatic rings. The van der Waals surface area contributed by atoms with E-state index in [4.69, 9.17) is 4.98 Å². The molecule has 1 aromatic carbocycles. The number of aliphatic imine (C=N–C) groups is 1. The zero-order chi connectivity index (χ0) is 15.8. The summed E-state index contributed by atoms with van der Waals surface area (Å²) in [6, 6.07) is 10.3. The highest BCUT2D eigenvalue weighted by Crippen LogP contribution is 2.23. The minimum Gasteiger partial charge on any atom is -0.351 e. The minimum atomic E-state index is 0.701. The van der Waals surface area contributed by atoms with E-state index < -0.39 is 0 Å². The van der Waals surface area contributed by atoms with Gasteiger partial charge in [0.25, 0.3) is 0 Å². The topological polar surface area (TPSA) is 40.5 Å². The average Bonchev–Trinajstić information content (AvgIpc) is 3.03. The van der Waals surface area contributed by atoms with Gasteiger partial charge < -0.3 is 10.2 Å². The lowest BCUT2D eigenvalue weighted by Gasteiger charge is -2.21. The Bertz CT molecular complexity index is 592. The number of thiazole rings is 1. The molecule has 118 valence electrons. The Labute approximate surface area is 136 Å². The van der Waals surface area contributed by atoms with E-state index in [9.17, 15) is 0 Å². The van der Waals surface area contributed by atoms with Gasteiger partial charge in [-0.25, -0.2) is 4.98 Å². The molecular weight excluding hydrogens is 292 g/mol. The summed E-state index contributed by atoms with van der Waals surface area (Å²) in [5.74, 6) is 0.919.